The highest BCUT2D eigenvalue weighted by Crippen LogP contribution is 2.44. The molecule has 0 aromatic heterocycles. The van der Waals surface area contributed by atoms with Gasteiger partial charge in [-0.15, -0.1) is 0 Å². The fourth-order valence-electron chi connectivity index (χ4n) is 4.95. The highest BCUT2D eigenvalue weighted by molar-refractivity contribution is 5.88. The smallest absolute Gasteiger partial charge is 0.407 e. The summed E-state index contributed by atoms with van der Waals surface area (Å²) in [6.45, 7) is 2.28. The first-order chi connectivity index (χ1) is 16.4. The molecule has 0 spiro atoms. The quantitative estimate of drug-likeness (QED) is 0.618. The minimum atomic E-state index is -1.41. The molecule has 1 aliphatic carbocycles. The number of methoxy groups -OCH3 is 1. The van der Waals surface area contributed by atoms with Crippen molar-refractivity contribution in [2.45, 2.75) is 43.7 Å². The number of carbonyl (C=O) groups is 3. The van der Waals surface area contributed by atoms with Crippen LogP contribution in [0.2, 0.25) is 0 Å². The lowest BCUT2D eigenvalue weighted by Crippen LogP contribution is -2.50. The maximum Gasteiger partial charge on any atom is 0.407 e. The Hall–Kier alpha value is -3.39. The van der Waals surface area contributed by atoms with Crippen LogP contribution in [0.15, 0.2) is 48.5 Å². The van der Waals surface area contributed by atoms with E-state index in [9.17, 15) is 19.5 Å². The molecule has 1 aliphatic heterocycles. The summed E-state index contributed by atoms with van der Waals surface area (Å²) in [6.07, 6.45) is 0.632. The summed E-state index contributed by atoms with van der Waals surface area (Å²) in [5.74, 6) is -1.49. The molecule has 2 aromatic carbocycles. The molecular formula is C26H30N2O6. The predicted molar refractivity (Wildman–Crippen MR) is 125 cm³/mol. The highest BCUT2D eigenvalue weighted by atomic mass is 16.5. The van der Waals surface area contributed by atoms with Gasteiger partial charge < -0.3 is 24.8 Å². The monoisotopic (exact) mass is 466 g/mol. The maximum atomic E-state index is 13.1. The Labute approximate surface area is 198 Å². The fourth-order valence-corrected chi connectivity index (χ4v) is 4.95. The van der Waals surface area contributed by atoms with Crippen molar-refractivity contribution < 1.29 is 29.0 Å². The van der Waals surface area contributed by atoms with Crippen LogP contribution in [0.3, 0.4) is 0 Å². The molecule has 2 aromatic rings. The average molecular weight is 467 g/mol. The molecule has 2 aliphatic rings. The van der Waals surface area contributed by atoms with Gasteiger partial charge in [-0.25, -0.2) is 9.59 Å². The largest absolute Gasteiger partial charge is 0.479 e. The zero-order valence-electron chi connectivity index (χ0n) is 19.5. The second-order valence-corrected chi connectivity index (χ2v) is 8.82. The van der Waals surface area contributed by atoms with Gasteiger partial charge >= 0.3 is 12.1 Å². The number of ether oxygens (including phenoxy) is 2. The molecular weight excluding hydrogens is 436 g/mol. The van der Waals surface area contributed by atoms with Crippen molar-refractivity contribution >= 4 is 18.0 Å². The standard InChI is InChI=1S/C26H30N2O6/c1-3-8-22(23(29)28-14-13-26(16-28,33-2)24(30)31)27-25(32)34-15-21-19-11-6-4-9-17(19)18-10-5-7-12-20(18)21/h4-7,9-12,21-22H,3,8,13-16H2,1-2H3,(H,27,32)(H,30,31)/t22-,26?/m0/s1. The number of hydrogen-bond acceptors (Lipinski definition) is 5. The number of hydrogen-bond donors (Lipinski definition) is 2. The molecule has 1 saturated heterocycles. The molecule has 1 fully saturated rings. The summed E-state index contributed by atoms with van der Waals surface area (Å²) in [5.41, 5.74) is 3.09. The van der Waals surface area contributed by atoms with E-state index in [2.05, 4.69) is 17.4 Å². The van der Waals surface area contributed by atoms with Crippen LogP contribution in [0.25, 0.3) is 11.1 Å². The summed E-state index contributed by atoms with van der Waals surface area (Å²) in [5, 5.41) is 12.2. The zero-order chi connectivity index (χ0) is 24.3. The van der Waals surface area contributed by atoms with Crippen LogP contribution in [0.5, 0.6) is 0 Å². The third-order valence-corrected chi connectivity index (χ3v) is 6.84. The molecule has 2 amide bonds. The highest BCUT2D eigenvalue weighted by Gasteiger charge is 2.47. The minimum absolute atomic E-state index is 0.0513. The number of carboxylic acid groups (broad SMARTS) is 1. The van der Waals surface area contributed by atoms with E-state index >= 15 is 0 Å². The van der Waals surface area contributed by atoms with Crippen LogP contribution in [0.1, 0.15) is 43.2 Å². The van der Waals surface area contributed by atoms with Gasteiger partial charge in [-0.3, -0.25) is 4.79 Å². The Bertz CT molecular complexity index is 1040. The van der Waals surface area contributed by atoms with Crippen LogP contribution < -0.4 is 5.32 Å². The number of nitrogens with zero attached hydrogens (tertiary/aromatic N) is 1. The molecule has 34 heavy (non-hydrogen) atoms. The van der Waals surface area contributed by atoms with Crippen molar-refractivity contribution in [1.29, 1.82) is 0 Å². The Balaban J connectivity index is 1.40. The van der Waals surface area contributed by atoms with Gasteiger partial charge in [0, 0.05) is 26.0 Å². The van der Waals surface area contributed by atoms with Gasteiger partial charge in [0.05, 0.1) is 6.54 Å². The number of carbonyl (C=O) groups excluding carboxylic acids is 2. The van der Waals surface area contributed by atoms with Crippen molar-refractivity contribution in [2.24, 2.45) is 0 Å². The van der Waals surface area contributed by atoms with Gasteiger partial charge in [0.1, 0.15) is 12.6 Å². The number of benzene rings is 2. The van der Waals surface area contributed by atoms with E-state index in [1.165, 1.54) is 12.0 Å². The maximum absolute atomic E-state index is 13.1. The Morgan fingerprint density at radius 2 is 1.74 bits per heavy atom. The molecule has 8 nitrogen and oxygen atoms in total. The first-order valence-electron chi connectivity index (χ1n) is 11.6. The number of rotatable bonds is 8. The number of fused-ring (bicyclic) bond motifs is 3. The molecule has 180 valence electrons. The number of alkyl carbamates (subject to hydrolysis) is 1. The summed E-state index contributed by atoms with van der Waals surface area (Å²) in [6, 6.07) is 15.4. The Morgan fingerprint density at radius 1 is 1.12 bits per heavy atom. The van der Waals surface area contributed by atoms with Crippen molar-refractivity contribution in [3.8, 4) is 11.1 Å². The second kappa shape index (κ2) is 9.85. The third-order valence-electron chi connectivity index (χ3n) is 6.84. The lowest BCUT2D eigenvalue weighted by Gasteiger charge is -2.26. The van der Waals surface area contributed by atoms with Crippen molar-refractivity contribution in [3.05, 3.63) is 59.7 Å². The number of aliphatic carboxylic acids is 1. The SMILES string of the molecule is CCC[C@H](NC(=O)OCC1c2ccccc2-c2ccccc21)C(=O)N1CCC(OC)(C(=O)O)C1. The van der Waals surface area contributed by atoms with Crippen LogP contribution in [-0.2, 0) is 19.1 Å². The van der Waals surface area contributed by atoms with Crippen molar-refractivity contribution in [2.75, 3.05) is 26.8 Å². The lowest BCUT2D eigenvalue weighted by atomic mass is 9.98. The normalized spacial score (nSPS) is 19.9. The molecule has 0 radical (unpaired) electrons. The molecule has 8 heteroatoms. The van der Waals surface area contributed by atoms with Crippen LogP contribution in [0.4, 0.5) is 4.79 Å². The first-order valence-corrected chi connectivity index (χ1v) is 11.6. The average Bonchev–Trinajstić information content (AvgIpc) is 3.43. The van der Waals surface area contributed by atoms with Crippen molar-refractivity contribution in [3.63, 3.8) is 0 Å². The topological polar surface area (TPSA) is 105 Å². The van der Waals surface area contributed by atoms with Gasteiger partial charge in [-0.1, -0.05) is 61.9 Å². The number of amides is 2. The molecule has 2 N–H and O–H groups in total. The summed E-state index contributed by atoms with van der Waals surface area (Å²) < 4.78 is 10.8. The van der Waals surface area contributed by atoms with Gasteiger partial charge in [-0.2, -0.15) is 0 Å². The van der Waals surface area contributed by atoms with Crippen LogP contribution in [-0.4, -0.2) is 66.4 Å². The predicted octanol–water partition coefficient (Wildman–Crippen LogP) is 3.40. The molecule has 0 bridgehead atoms. The van der Waals surface area contributed by atoms with Gasteiger partial charge in [0.2, 0.25) is 5.91 Å². The van der Waals surface area contributed by atoms with Gasteiger partial charge in [0.25, 0.3) is 0 Å². The first kappa shape index (κ1) is 23.8. The summed E-state index contributed by atoms with van der Waals surface area (Å²) >= 11 is 0. The molecule has 1 unspecified atom stereocenters. The fraction of sp³-hybridized carbons (Fsp3) is 0.423. The lowest BCUT2D eigenvalue weighted by molar-refractivity contribution is -0.161. The Morgan fingerprint density at radius 3 is 2.26 bits per heavy atom. The minimum Gasteiger partial charge on any atom is -0.479 e. The molecule has 4 rings (SSSR count). The van der Waals surface area contributed by atoms with E-state index in [-0.39, 0.29) is 37.9 Å². The van der Waals surface area contributed by atoms with E-state index in [0.29, 0.717) is 12.8 Å². The molecule has 0 saturated carbocycles. The second-order valence-electron chi connectivity index (χ2n) is 8.82. The molecule has 2 atom stereocenters. The number of likely N-dealkylation sites (tertiary alicyclic amines) is 1. The summed E-state index contributed by atoms with van der Waals surface area (Å²) in [4.78, 5) is 38.9. The number of carboxylic acids is 1. The third kappa shape index (κ3) is 4.37. The van der Waals surface area contributed by atoms with Crippen molar-refractivity contribution in [1.82, 2.24) is 10.2 Å². The molecule has 1 heterocycles. The van der Waals surface area contributed by atoms with Gasteiger partial charge in [-0.05, 0) is 28.7 Å². The van der Waals surface area contributed by atoms with E-state index in [0.717, 1.165) is 22.3 Å². The van der Waals surface area contributed by atoms with Crippen LogP contribution in [0, 0.1) is 0 Å². The summed E-state index contributed by atoms with van der Waals surface area (Å²) in [7, 11) is 1.33. The Kier molecular flexibility index (Phi) is 6.88. The van der Waals surface area contributed by atoms with E-state index in [1.54, 1.807) is 0 Å². The number of nitrogens with one attached hydrogen (secondary N) is 1. The zero-order valence-corrected chi connectivity index (χ0v) is 19.5. The van der Waals surface area contributed by atoms with E-state index in [4.69, 9.17) is 9.47 Å². The van der Waals surface area contributed by atoms with E-state index in [1.807, 2.05) is 43.3 Å². The van der Waals surface area contributed by atoms with Crippen LogP contribution >= 0.6 is 0 Å². The van der Waals surface area contributed by atoms with Gasteiger partial charge in [0.15, 0.2) is 5.60 Å². The van der Waals surface area contributed by atoms with E-state index < -0.39 is 23.7 Å².